The molecule has 14 nitrogen and oxygen atoms in total. The summed E-state index contributed by atoms with van der Waals surface area (Å²) in [5.41, 5.74) is 8.29. The van der Waals surface area contributed by atoms with Crippen molar-refractivity contribution in [1.82, 2.24) is 24.2 Å². The molecule has 0 amide bonds. The van der Waals surface area contributed by atoms with E-state index in [0.717, 1.165) is 16.7 Å². The van der Waals surface area contributed by atoms with Crippen LogP contribution in [0.15, 0.2) is 91.5 Å². The molecule has 2 unspecified atom stereocenters. The average molecular weight is 967 g/mol. The Labute approximate surface area is 343 Å². The maximum Gasteiger partial charge on any atom is 0.406 e. The van der Waals surface area contributed by atoms with Crippen LogP contribution in [0.4, 0.5) is 5.82 Å². The SMILES string of the molecule is COc1ccc(C(OC[C@H]2O[C@@H](n3cnc4c(N)ncnc43)C[C@@H]2OP(=O)(O)N2CCOC(CC(Br)(Br)Br)C2)(c2ccccc2)c2ccc(OC)cc2)cc1. The second-order valence-electron chi connectivity index (χ2n) is 13.1. The van der Waals surface area contributed by atoms with E-state index in [1.165, 1.54) is 11.0 Å². The fraction of sp³-hybridized carbons (Fsp3) is 0.378. The Kier molecular flexibility index (Phi) is 12.3. The Hall–Kier alpha value is -2.96. The van der Waals surface area contributed by atoms with E-state index >= 15 is 0 Å². The molecule has 3 aromatic carbocycles. The third-order valence-corrected chi connectivity index (χ3v) is 12.3. The molecule has 0 aliphatic carbocycles. The summed E-state index contributed by atoms with van der Waals surface area (Å²) < 4.78 is 53.8. The van der Waals surface area contributed by atoms with Gasteiger partial charge in [-0.3, -0.25) is 9.09 Å². The van der Waals surface area contributed by atoms with E-state index in [0.29, 0.717) is 29.1 Å². The normalized spacial score (nSPS) is 22.1. The third kappa shape index (κ3) is 8.81. The van der Waals surface area contributed by atoms with Crippen molar-refractivity contribution in [3.63, 3.8) is 0 Å². The van der Waals surface area contributed by atoms with Gasteiger partial charge in [-0.2, -0.15) is 0 Å². The molecule has 7 rings (SSSR count). The first-order valence-corrected chi connectivity index (χ1v) is 21.3. The summed E-state index contributed by atoms with van der Waals surface area (Å²) in [4.78, 5) is 24.5. The van der Waals surface area contributed by atoms with Gasteiger partial charge in [0.05, 0.1) is 39.9 Å². The fourth-order valence-electron chi connectivity index (χ4n) is 7.05. The van der Waals surface area contributed by atoms with Gasteiger partial charge in [-0.1, -0.05) is 102 Å². The molecule has 4 heterocycles. The third-order valence-electron chi connectivity index (χ3n) is 9.72. The number of nitrogen functional groups attached to an aromatic ring is 1. The van der Waals surface area contributed by atoms with Crippen molar-refractivity contribution >= 4 is 72.5 Å². The number of methoxy groups -OCH3 is 2. The number of nitrogens with zero attached hydrogens (tertiary/aromatic N) is 5. The summed E-state index contributed by atoms with van der Waals surface area (Å²) >= 11 is 10.5. The molecule has 2 aliphatic heterocycles. The predicted molar refractivity (Wildman–Crippen MR) is 217 cm³/mol. The molecular formula is C37H40Br3N6O8P. The summed E-state index contributed by atoms with van der Waals surface area (Å²) in [6.45, 7) is 0.577. The van der Waals surface area contributed by atoms with Gasteiger partial charge >= 0.3 is 7.75 Å². The van der Waals surface area contributed by atoms with E-state index in [4.69, 9.17) is 33.9 Å². The number of hydrogen-bond acceptors (Lipinski definition) is 11. The lowest BCUT2D eigenvalue weighted by Crippen LogP contribution is -2.43. The van der Waals surface area contributed by atoms with Crippen molar-refractivity contribution in [3.8, 4) is 11.5 Å². The summed E-state index contributed by atoms with van der Waals surface area (Å²) in [5.74, 6) is 1.60. The highest BCUT2D eigenvalue weighted by molar-refractivity contribution is 9.39. The highest BCUT2D eigenvalue weighted by Crippen LogP contribution is 2.53. The average Bonchev–Trinajstić information content (AvgIpc) is 3.80. The second-order valence-corrected chi connectivity index (χ2v) is 22.1. The van der Waals surface area contributed by atoms with E-state index in [-0.39, 0.29) is 44.6 Å². The molecule has 292 valence electrons. The number of halogens is 3. The van der Waals surface area contributed by atoms with Gasteiger partial charge in [-0.05, 0) is 41.0 Å². The quantitative estimate of drug-likeness (QED) is 0.0696. The van der Waals surface area contributed by atoms with Crippen LogP contribution in [0.3, 0.4) is 0 Å². The number of benzene rings is 3. The monoisotopic (exact) mass is 964 g/mol. The van der Waals surface area contributed by atoms with Crippen LogP contribution < -0.4 is 15.2 Å². The van der Waals surface area contributed by atoms with E-state index in [2.05, 4.69) is 62.7 Å². The number of imidazole rings is 1. The molecule has 2 aliphatic rings. The number of anilines is 1. The first-order chi connectivity index (χ1) is 26.4. The molecule has 18 heteroatoms. The van der Waals surface area contributed by atoms with Crippen LogP contribution in [-0.4, -0.2) is 90.1 Å². The maximum atomic E-state index is 14.2. The lowest BCUT2D eigenvalue weighted by atomic mass is 9.80. The first kappa shape index (κ1) is 40.2. The molecule has 0 bridgehead atoms. The van der Waals surface area contributed by atoms with Crippen LogP contribution >= 0.6 is 55.5 Å². The highest BCUT2D eigenvalue weighted by Gasteiger charge is 2.47. The largest absolute Gasteiger partial charge is 0.497 e. The minimum absolute atomic E-state index is 0.0527. The van der Waals surface area contributed by atoms with Gasteiger partial charge < -0.3 is 34.3 Å². The summed E-state index contributed by atoms with van der Waals surface area (Å²) in [6.07, 6.45) is 0.798. The van der Waals surface area contributed by atoms with Crippen molar-refractivity contribution in [3.05, 3.63) is 108 Å². The molecule has 0 saturated carbocycles. The topological polar surface area (TPSA) is 166 Å². The number of alkyl halides is 3. The standard InChI is InChI=1S/C37H40Br3N6O8P/c1-49-27-12-8-25(9-13-27)37(24-6-4-3-5-7-24,26-10-14-28(50-2)15-11-26)52-21-31-30(18-32(53-31)46-23-44-33-34(41)42-22-43-35(33)46)54-55(47,48)45-16-17-51-29(20-45)19-36(38,39)40/h3-15,22-23,29-32H,16-21H2,1-2H3,(H,47,48)(H2,41,42,43)/t29?,30-,31+,32+/m0/s1. The lowest BCUT2D eigenvalue weighted by molar-refractivity contribution is -0.0926. The molecule has 5 aromatic rings. The van der Waals surface area contributed by atoms with Crippen molar-refractivity contribution in [2.24, 2.45) is 0 Å². The van der Waals surface area contributed by atoms with Gasteiger partial charge in [0.25, 0.3) is 0 Å². The zero-order chi connectivity index (χ0) is 38.8. The number of ether oxygens (including phenoxy) is 5. The van der Waals surface area contributed by atoms with E-state index < -0.39 is 33.9 Å². The van der Waals surface area contributed by atoms with Crippen molar-refractivity contribution in [2.45, 2.75) is 45.1 Å². The predicted octanol–water partition coefficient (Wildman–Crippen LogP) is 7.14. The van der Waals surface area contributed by atoms with Crippen LogP contribution in [0.2, 0.25) is 0 Å². The van der Waals surface area contributed by atoms with E-state index in [1.54, 1.807) is 25.1 Å². The van der Waals surface area contributed by atoms with Gasteiger partial charge in [0.2, 0.25) is 0 Å². The Balaban J connectivity index is 1.26. The number of nitrogens with two attached hydrogens (primary N) is 1. The van der Waals surface area contributed by atoms with E-state index in [9.17, 15) is 9.46 Å². The minimum atomic E-state index is -4.40. The minimum Gasteiger partial charge on any atom is -0.497 e. The van der Waals surface area contributed by atoms with Crippen LogP contribution in [0.1, 0.15) is 35.8 Å². The lowest BCUT2D eigenvalue weighted by Gasteiger charge is -2.38. The Morgan fingerprint density at radius 3 is 2.18 bits per heavy atom. The van der Waals surface area contributed by atoms with Crippen molar-refractivity contribution < 1.29 is 37.7 Å². The van der Waals surface area contributed by atoms with Crippen LogP contribution in [0.25, 0.3) is 11.2 Å². The number of rotatable bonds is 13. The molecule has 5 atom stereocenters. The first-order valence-electron chi connectivity index (χ1n) is 17.4. The molecule has 55 heavy (non-hydrogen) atoms. The zero-order valence-electron chi connectivity index (χ0n) is 29.9. The van der Waals surface area contributed by atoms with Gasteiger partial charge in [0, 0.05) is 25.9 Å². The number of aromatic nitrogens is 4. The molecule has 0 spiro atoms. The Bertz CT molecular complexity index is 2060. The van der Waals surface area contributed by atoms with Gasteiger partial charge in [0.1, 0.15) is 49.5 Å². The van der Waals surface area contributed by atoms with Gasteiger partial charge in [-0.25, -0.2) is 24.2 Å². The number of fused-ring (bicyclic) bond motifs is 1. The smallest absolute Gasteiger partial charge is 0.406 e. The van der Waals surface area contributed by atoms with Crippen LogP contribution in [-0.2, 0) is 28.9 Å². The molecular weight excluding hydrogens is 927 g/mol. The molecule has 0 radical (unpaired) electrons. The second kappa shape index (κ2) is 16.9. The van der Waals surface area contributed by atoms with Crippen molar-refractivity contribution in [1.29, 1.82) is 0 Å². The van der Waals surface area contributed by atoms with Gasteiger partial charge in [-0.15, -0.1) is 0 Å². The Morgan fingerprint density at radius 2 is 1.56 bits per heavy atom. The summed E-state index contributed by atoms with van der Waals surface area (Å²) in [7, 11) is -1.16. The molecule has 2 aromatic heterocycles. The fourth-order valence-corrected chi connectivity index (χ4v) is 9.57. The summed E-state index contributed by atoms with van der Waals surface area (Å²) in [6, 6.07) is 25.2. The number of morpholine rings is 1. The van der Waals surface area contributed by atoms with Crippen molar-refractivity contribution in [2.75, 3.05) is 46.3 Å². The molecule has 2 fully saturated rings. The Morgan fingerprint density at radius 1 is 0.927 bits per heavy atom. The van der Waals surface area contributed by atoms with E-state index in [1.807, 2.05) is 78.9 Å². The van der Waals surface area contributed by atoms with Crippen LogP contribution in [0.5, 0.6) is 11.5 Å². The highest BCUT2D eigenvalue weighted by atomic mass is 80.0. The maximum absolute atomic E-state index is 14.2. The van der Waals surface area contributed by atoms with Gasteiger partial charge in [0.15, 0.2) is 11.5 Å². The molecule has 2 saturated heterocycles. The summed E-state index contributed by atoms with van der Waals surface area (Å²) in [5, 5.41) is 0. The number of hydrogen-bond donors (Lipinski definition) is 2. The molecule has 3 N–H and O–H groups in total. The van der Waals surface area contributed by atoms with Crippen LogP contribution in [0, 0.1) is 0 Å². The zero-order valence-corrected chi connectivity index (χ0v) is 35.6.